The molecule has 0 spiro atoms. The fourth-order valence-corrected chi connectivity index (χ4v) is 3.40. The number of carbonyl (C=O) groups excluding carboxylic acids is 2. The second kappa shape index (κ2) is 7.90. The number of fused-ring (bicyclic) bond motifs is 1. The van der Waals surface area contributed by atoms with Gasteiger partial charge in [0.15, 0.2) is 5.60 Å². The van der Waals surface area contributed by atoms with Gasteiger partial charge in [-0.2, -0.15) is 0 Å². The normalized spacial score (nSPS) is 19.7. The van der Waals surface area contributed by atoms with Gasteiger partial charge in [-0.15, -0.1) is 0 Å². The van der Waals surface area contributed by atoms with E-state index in [2.05, 4.69) is 0 Å². The number of para-hydroxylation sites is 1. The number of amides is 1. The summed E-state index contributed by atoms with van der Waals surface area (Å²) in [5, 5.41) is 11.1. The average Bonchev–Trinajstić information content (AvgIpc) is 2.84. The van der Waals surface area contributed by atoms with Crippen LogP contribution in [0.5, 0.6) is 0 Å². The summed E-state index contributed by atoms with van der Waals surface area (Å²) in [6.45, 7) is 1.72. The molecule has 2 atom stereocenters. The molecule has 0 bridgehead atoms. The van der Waals surface area contributed by atoms with Crippen LogP contribution in [-0.4, -0.2) is 36.7 Å². The highest BCUT2D eigenvalue weighted by atomic mass is 16.6. The van der Waals surface area contributed by atoms with Crippen LogP contribution < -0.4 is 4.90 Å². The number of carbonyl (C=O) groups is 2. The molecule has 0 saturated heterocycles. The summed E-state index contributed by atoms with van der Waals surface area (Å²) in [6.07, 6.45) is -0.818. The molecule has 1 aliphatic heterocycles. The zero-order chi connectivity index (χ0) is 19.4. The Morgan fingerprint density at radius 3 is 2.52 bits per heavy atom. The largest absolute Gasteiger partial charge is 0.460 e. The van der Waals surface area contributed by atoms with Crippen LogP contribution >= 0.6 is 0 Å². The molecule has 2 aromatic rings. The van der Waals surface area contributed by atoms with E-state index < -0.39 is 23.6 Å². The fraction of sp³-hybridized carbons (Fsp3) is 0.333. The quantitative estimate of drug-likeness (QED) is 0.759. The van der Waals surface area contributed by atoms with Gasteiger partial charge in [0, 0.05) is 26.0 Å². The van der Waals surface area contributed by atoms with Crippen molar-refractivity contribution in [3.63, 3.8) is 0 Å². The molecule has 0 radical (unpaired) electrons. The Balaban J connectivity index is 1.74. The fourth-order valence-electron chi connectivity index (χ4n) is 3.40. The van der Waals surface area contributed by atoms with Gasteiger partial charge in [-0.05, 0) is 11.6 Å². The highest BCUT2D eigenvalue weighted by Gasteiger charge is 2.50. The van der Waals surface area contributed by atoms with Gasteiger partial charge in [-0.3, -0.25) is 9.59 Å². The van der Waals surface area contributed by atoms with Crippen molar-refractivity contribution in [1.29, 1.82) is 0 Å². The van der Waals surface area contributed by atoms with E-state index in [9.17, 15) is 14.7 Å². The monoisotopic (exact) mass is 369 g/mol. The molecule has 27 heavy (non-hydrogen) atoms. The van der Waals surface area contributed by atoms with Crippen LogP contribution in [0.1, 0.15) is 24.5 Å². The van der Waals surface area contributed by atoms with Gasteiger partial charge in [0.25, 0.3) is 5.91 Å². The lowest BCUT2D eigenvalue weighted by Crippen LogP contribution is -2.43. The van der Waals surface area contributed by atoms with Crippen molar-refractivity contribution in [1.82, 2.24) is 0 Å². The lowest BCUT2D eigenvalue weighted by atomic mass is 9.89. The Hall–Kier alpha value is -2.70. The van der Waals surface area contributed by atoms with E-state index in [1.807, 2.05) is 30.3 Å². The molecular weight excluding hydrogens is 346 g/mol. The molecule has 6 heteroatoms. The summed E-state index contributed by atoms with van der Waals surface area (Å²) in [7, 11) is 1.62. The van der Waals surface area contributed by atoms with Gasteiger partial charge < -0.3 is 19.5 Å². The Labute approximate surface area is 158 Å². The summed E-state index contributed by atoms with van der Waals surface area (Å²) in [6, 6.07) is 16.7. The van der Waals surface area contributed by atoms with Crippen molar-refractivity contribution in [2.75, 3.05) is 18.6 Å². The number of hydrogen-bond acceptors (Lipinski definition) is 5. The van der Waals surface area contributed by atoms with Gasteiger partial charge in [0.05, 0.1) is 18.9 Å². The van der Waals surface area contributed by atoms with Crippen LogP contribution in [0.3, 0.4) is 0 Å². The molecule has 1 aliphatic rings. The van der Waals surface area contributed by atoms with Crippen LogP contribution in [0.4, 0.5) is 5.69 Å². The van der Waals surface area contributed by atoms with Gasteiger partial charge >= 0.3 is 5.97 Å². The van der Waals surface area contributed by atoms with Crippen molar-refractivity contribution in [2.45, 2.75) is 31.7 Å². The van der Waals surface area contributed by atoms with Crippen LogP contribution in [0, 0.1) is 0 Å². The lowest BCUT2D eigenvalue weighted by Gasteiger charge is -2.27. The van der Waals surface area contributed by atoms with Crippen molar-refractivity contribution in [2.24, 2.45) is 0 Å². The van der Waals surface area contributed by atoms with E-state index in [0.717, 1.165) is 5.56 Å². The van der Waals surface area contributed by atoms with E-state index >= 15 is 0 Å². The highest BCUT2D eigenvalue weighted by Crippen LogP contribution is 2.42. The third-order valence-corrected chi connectivity index (χ3v) is 4.64. The molecule has 0 aromatic heterocycles. The molecule has 1 amide bonds. The number of rotatable bonds is 7. The number of benzene rings is 2. The number of ether oxygens (including phenoxy) is 2. The van der Waals surface area contributed by atoms with Gasteiger partial charge in [-0.25, -0.2) is 0 Å². The lowest BCUT2D eigenvalue weighted by molar-refractivity contribution is -0.158. The summed E-state index contributed by atoms with van der Waals surface area (Å²) < 4.78 is 11.0. The van der Waals surface area contributed by atoms with E-state index in [1.54, 1.807) is 31.3 Å². The van der Waals surface area contributed by atoms with E-state index in [4.69, 9.17) is 9.47 Å². The summed E-state index contributed by atoms with van der Waals surface area (Å²) in [5.74, 6) is -0.928. The van der Waals surface area contributed by atoms with Crippen LogP contribution in [-0.2, 0) is 31.3 Å². The maximum atomic E-state index is 12.7. The van der Waals surface area contributed by atoms with E-state index in [-0.39, 0.29) is 13.0 Å². The van der Waals surface area contributed by atoms with E-state index in [1.165, 1.54) is 11.8 Å². The number of aliphatic hydroxyl groups is 1. The Morgan fingerprint density at radius 1 is 1.15 bits per heavy atom. The Kier molecular flexibility index (Phi) is 5.58. The number of nitrogens with zero attached hydrogens (tertiary/aromatic N) is 1. The Morgan fingerprint density at radius 2 is 1.81 bits per heavy atom. The maximum absolute atomic E-state index is 12.7. The topological polar surface area (TPSA) is 76.1 Å². The second-order valence-electron chi connectivity index (χ2n) is 6.68. The van der Waals surface area contributed by atoms with Crippen molar-refractivity contribution in [3.8, 4) is 0 Å². The number of anilines is 1. The molecule has 2 aromatic carbocycles. The zero-order valence-corrected chi connectivity index (χ0v) is 15.4. The molecule has 1 N–H and O–H groups in total. The standard InChI is InChI=1S/C21H23NO5/c1-15(23)27-17(14-26-13-16-8-4-3-5-9-16)12-21(25)18-10-6-7-11-19(18)22(2)20(21)24/h3-11,17,25H,12-14H2,1-2H3. The first-order valence-corrected chi connectivity index (χ1v) is 8.81. The third kappa shape index (κ3) is 4.02. The summed E-state index contributed by atoms with van der Waals surface area (Å²) in [5.41, 5.74) is 0.399. The Bertz CT molecular complexity index is 822. The number of likely N-dealkylation sites (N-methyl/N-ethyl adjacent to an activating group) is 1. The molecular formula is C21H23NO5. The molecule has 142 valence electrons. The molecule has 2 unspecified atom stereocenters. The van der Waals surface area contributed by atoms with Crippen molar-refractivity contribution < 1.29 is 24.2 Å². The first-order chi connectivity index (χ1) is 12.9. The van der Waals surface area contributed by atoms with Crippen LogP contribution in [0.2, 0.25) is 0 Å². The minimum absolute atomic E-state index is 0.0679. The number of hydrogen-bond donors (Lipinski definition) is 1. The number of esters is 1. The molecule has 1 heterocycles. The molecule has 6 nitrogen and oxygen atoms in total. The van der Waals surface area contributed by atoms with Crippen molar-refractivity contribution in [3.05, 3.63) is 65.7 Å². The first kappa shape index (κ1) is 19.1. The van der Waals surface area contributed by atoms with Gasteiger partial charge in [-0.1, -0.05) is 48.5 Å². The SMILES string of the molecule is CC(=O)OC(COCc1ccccc1)CC1(O)C(=O)N(C)c2ccccc21. The second-order valence-corrected chi connectivity index (χ2v) is 6.68. The average molecular weight is 369 g/mol. The summed E-state index contributed by atoms with van der Waals surface area (Å²) >= 11 is 0. The van der Waals surface area contributed by atoms with Gasteiger partial charge in [0.1, 0.15) is 6.10 Å². The minimum Gasteiger partial charge on any atom is -0.460 e. The predicted octanol–water partition coefficient (Wildman–Crippen LogP) is 2.39. The molecule has 0 saturated carbocycles. The minimum atomic E-state index is -1.75. The van der Waals surface area contributed by atoms with Crippen molar-refractivity contribution >= 4 is 17.6 Å². The van der Waals surface area contributed by atoms with Gasteiger partial charge in [0.2, 0.25) is 0 Å². The third-order valence-electron chi connectivity index (χ3n) is 4.64. The van der Waals surface area contributed by atoms with Crippen LogP contribution in [0.25, 0.3) is 0 Å². The zero-order valence-electron chi connectivity index (χ0n) is 15.4. The highest BCUT2D eigenvalue weighted by molar-refractivity contribution is 6.06. The maximum Gasteiger partial charge on any atom is 0.302 e. The van der Waals surface area contributed by atoms with E-state index in [0.29, 0.717) is 17.9 Å². The predicted molar refractivity (Wildman–Crippen MR) is 100 cm³/mol. The molecule has 3 rings (SSSR count). The first-order valence-electron chi connectivity index (χ1n) is 8.81. The van der Waals surface area contributed by atoms with Crippen LogP contribution in [0.15, 0.2) is 54.6 Å². The smallest absolute Gasteiger partial charge is 0.302 e. The molecule has 0 fully saturated rings. The summed E-state index contributed by atoms with van der Waals surface area (Å²) in [4.78, 5) is 25.6. The molecule has 0 aliphatic carbocycles.